The second-order valence-electron chi connectivity index (χ2n) is 7.82. The van der Waals surface area contributed by atoms with E-state index in [4.69, 9.17) is 0 Å². The maximum atomic E-state index is 9.75. The predicted molar refractivity (Wildman–Crippen MR) is 109 cm³/mol. The van der Waals surface area contributed by atoms with Crippen LogP contribution in [0.3, 0.4) is 0 Å². The van der Waals surface area contributed by atoms with Crippen molar-refractivity contribution in [3.63, 3.8) is 0 Å². The van der Waals surface area contributed by atoms with E-state index >= 15 is 0 Å². The Morgan fingerprint density at radius 2 is 0.733 bits per heavy atom. The van der Waals surface area contributed by atoms with E-state index in [-0.39, 0.29) is 0 Å². The molecular weight excluding hydrogens is 418 g/mol. The van der Waals surface area contributed by atoms with Crippen LogP contribution in [0.25, 0.3) is 0 Å². The van der Waals surface area contributed by atoms with Crippen LogP contribution in [0.4, 0.5) is 34.5 Å². The average molecular weight is 458 g/mol. The van der Waals surface area contributed by atoms with Crippen LogP contribution in [0.1, 0.15) is 78.1 Å². The molecular formula is C18H40B2F8N2. The van der Waals surface area contributed by atoms with Crippen LogP contribution >= 0.6 is 0 Å². The highest BCUT2D eigenvalue weighted by molar-refractivity contribution is 6.50. The topological polar surface area (TPSA) is 8.88 Å². The first-order valence-electron chi connectivity index (χ1n) is 11.3. The van der Waals surface area contributed by atoms with E-state index in [2.05, 4.69) is 13.8 Å². The molecule has 184 valence electrons. The third-order valence-electron chi connectivity index (χ3n) is 4.89. The Morgan fingerprint density at radius 1 is 0.500 bits per heavy atom. The second kappa shape index (κ2) is 19.2. The Morgan fingerprint density at radius 3 is 0.933 bits per heavy atom. The van der Waals surface area contributed by atoms with Crippen molar-refractivity contribution in [2.24, 2.45) is 0 Å². The summed E-state index contributed by atoms with van der Waals surface area (Å²) in [5.74, 6) is 0. The minimum atomic E-state index is -6.00. The summed E-state index contributed by atoms with van der Waals surface area (Å²) in [6, 6.07) is 0. The number of likely N-dealkylation sites (tertiary alicyclic amines) is 2. The third kappa shape index (κ3) is 35.0. The van der Waals surface area contributed by atoms with Gasteiger partial charge in [0.1, 0.15) is 0 Å². The highest BCUT2D eigenvalue weighted by atomic mass is 19.5. The van der Waals surface area contributed by atoms with Gasteiger partial charge in [-0.15, -0.1) is 0 Å². The summed E-state index contributed by atoms with van der Waals surface area (Å²) < 4.78 is 78.0. The molecule has 12 heteroatoms. The monoisotopic (exact) mass is 458 g/mol. The Kier molecular flexibility index (Phi) is 20.3. The molecule has 0 aromatic rings. The molecule has 0 unspecified atom stereocenters. The van der Waals surface area contributed by atoms with Crippen LogP contribution in [-0.2, 0) is 0 Å². The number of nitrogens with one attached hydrogen (secondary N) is 2. The number of piperidine rings is 2. The van der Waals surface area contributed by atoms with E-state index in [0.29, 0.717) is 0 Å². The molecule has 2 rings (SSSR count). The van der Waals surface area contributed by atoms with Crippen molar-refractivity contribution in [2.45, 2.75) is 78.1 Å². The summed E-state index contributed by atoms with van der Waals surface area (Å²) in [6.45, 7) is 13.2. The molecule has 2 saturated heterocycles. The van der Waals surface area contributed by atoms with Crippen LogP contribution in [0.2, 0.25) is 0 Å². The largest absolute Gasteiger partial charge is 0.673 e. The summed E-state index contributed by atoms with van der Waals surface area (Å²) in [5, 5.41) is 0. The van der Waals surface area contributed by atoms with Gasteiger partial charge >= 0.3 is 14.5 Å². The Balaban J connectivity index is 0. The maximum Gasteiger partial charge on any atom is 0.673 e. The van der Waals surface area contributed by atoms with Crippen LogP contribution in [0.15, 0.2) is 0 Å². The van der Waals surface area contributed by atoms with Crippen molar-refractivity contribution in [3.8, 4) is 0 Å². The van der Waals surface area contributed by atoms with Crippen molar-refractivity contribution in [2.75, 3.05) is 39.3 Å². The molecule has 2 heterocycles. The van der Waals surface area contributed by atoms with E-state index in [1.165, 1.54) is 103 Å². The molecule has 0 spiro atoms. The molecule has 0 radical (unpaired) electrons. The molecule has 2 aliphatic heterocycles. The van der Waals surface area contributed by atoms with Gasteiger partial charge in [-0.25, -0.2) is 0 Å². The standard InChI is InChI=1S/2C9H19N.2BF4/c2*1-2-3-7-10-8-5-4-6-9-10;2*2-1(3,4)5/h2*2-9H2,1H3;;/q;;2*-1/p+2. The molecule has 0 aliphatic carbocycles. The molecule has 2 aliphatic rings. The fourth-order valence-electron chi connectivity index (χ4n) is 3.46. The van der Waals surface area contributed by atoms with Crippen molar-refractivity contribution >= 4 is 14.5 Å². The Labute approximate surface area is 177 Å². The zero-order valence-electron chi connectivity index (χ0n) is 18.5. The van der Waals surface area contributed by atoms with Gasteiger partial charge < -0.3 is 44.3 Å². The highest BCUT2D eigenvalue weighted by Crippen LogP contribution is 2.07. The van der Waals surface area contributed by atoms with Gasteiger partial charge in [0.05, 0.1) is 39.3 Å². The van der Waals surface area contributed by atoms with Gasteiger partial charge in [0.25, 0.3) is 0 Å². The number of rotatable bonds is 6. The van der Waals surface area contributed by atoms with Crippen LogP contribution in [0.5, 0.6) is 0 Å². The van der Waals surface area contributed by atoms with Crippen molar-refractivity contribution < 1.29 is 44.3 Å². The minimum Gasteiger partial charge on any atom is -0.418 e. The lowest BCUT2D eigenvalue weighted by molar-refractivity contribution is -0.905. The van der Waals surface area contributed by atoms with Crippen LogP contribution in [0, 0.1) is 0 Å². The molecule has 0 saturated carbocycles. The van der Waals surface area contributed by atoms with Crippen molar-refractivity contribution in [1.29, 1.82) is 0 Å². The number of unbranched alkanes of at least 4 members (excludes halogenated alkanes) is 2. The van der Waals surface area contributed by atoms with Crippen molar-refractivity contribution in [3.05, 3.63) is 0 Å². The van der Waals surface area contributed by atoms with Gasteiger partial charge in [-0.2, -0.15) is 0 Å². The van der Waals surface area contributed by atoms with Gasteiger partial charge in [-0.05, 0) is 51.4 Å². The predicted octanol–water partition coefficient (Wildman–Crippen LogP) is 4.31. The van der Waals surface area contributed by atoms with Gasteiger partial charge in [-0.3, -0.25) is 0 Å². The highest BCUT2D eigenvalue weighted by Gasteiger charge is 2.21. The van der Waals surface area contributed by atoms with E-state index in [1.54, 1.807) is 0 Å². The third-order valence-corrected chi connectivity index (χ3v) is 4.89. The molecule has 0 aromatic carbocycles. The first-order valence-corrected chi connectivity index (χ1v) is 11.3. The summed E-state index contributed by atoms with van der Waals surface area (Å²) in [6.07, 6.45) is 14.4. The molecule has 2 fully saturated rings. The first-order chi connectivity index (χ1) is 13.9. The first kappa shape index (κ1) is 31.7. The van der Waals surface area contributed by atoms with Crippen LogP contribution in [-0.4, -0.2) is 53.8 Å². The lowest BCUT2D eigenvalue weighted by Gasteiger charge is -2.22. The van der Waals surface area contributed by atoms with E-state index in [9.17, 15) is 34.5 Å². The molecule has 0 atom stereocenters. The number of hydrogen-bond donors (Lipinski definition) is 2. The molecule has 0 amide bonds. The van der Waals surface area contributed by atoms with Crippen molar-refractivity contribution in [1.82, 2.24) is 0 Å². The summed E-state index contributed by atoms with van der Waals surface area (Å²) >= 11 is 0. The quantitative estimate of drug-likeness (QED) is 0.434. The normalized spacial score (nSPS) is 18.2. The molecule has 0 aromatic heterocycles. The lowest BCUT2D eigenvalue weighted by atomic mass is 10.1. The smallest absolute Gasteiger partial charge is 0.418 e. The van der Waals surface area contributed by atoms with Gasteiger partial charge in [0, 0.05) is 0 Å². The number of quaternary nitrogens is 2. The van der Waals surface area contributed by atoms with Gasteiger partial charge in [0.15, 0.2) is 0 Å². The van der Waals surface area contributed by atoms with Gasteiger partial charge in [-0.1, -0.05) is 26.7 Å². The fourth-order valence-corrected chi connectivity index (χ4v) is 3.46. The van der Waals surface area contributed by atoms with E-state index in [0.717, 1.165) is 0 Å². The van der Waals surface area contributed by atoms with Gasteiger partial charge in [0.2, 0.25) is 0 Å². The van der Waals surface area contributed by atoms with E-state index < -0.39 is 14.5 Å². The minimum absolute atomic E-state index is 1.36. The summed E-state index contributed by atoms with van der Waals surface area (Å²) in [4.78, 5) is 3.71. The number of hydrogen-bond acceptors (Lipinski definition) is 0. The SMILES string of the molecule is CCCC[NH+]1CCCCC1.CCCC[NH+]1CCCCC1.F[B-](F)(F)F.F[B-](F)(F)F. The maximum absolute atomic E-state index is 9.75. The fraction of sp³-hybridized carbons (Fsp3) is 1.00. The Hall–Kier alpha value is -0.510. The molecule has 2 nitrogen and oxygen atoms in total. The summed E-state index contributed by atoms with van der Waals surface area (Å²) in [7, 11) is -12.0. The molecule has 2 N–H and O–H groups in total. The van der Waals surface area contributed by atoms with Crippen LogP contribution < -0.4 is 9.80 Å². The van der Waals surface area contributed by atoms with E-state index in [1.807, 2.05) is 9.80 Å². The Bertz CT molecular complexity index is 313. The molecule has 30 heavy (non-hydrogen) atoms. The number of halogens is 8. The lowest BCUT2D eigenvalue weighted by Crippen LogP contribution is -3.12. The zero-order valence-corrected chi connectivity index (χ0v) is 18.5. The summed E-state index contributed by atoms with van der Waals surface area (Å²) in [5.41, 5.74) is 0. The molecule has 0 bridgehead atoms. The average Bonchev–Trinajstić information content (AvgIpc) is 2.64. The zero-order chi connectivity index (χ0) is 23.5. The second-order valence-corrected chi connectivity index (χ2v) is 7.82.